The van der Waals surface area contributed by atoms with Gasteiger partial charge in [-0.2, -0.15) is 0 Å². The predicted molar refractivity (Wildman–Crippen MR) is 116 cm³/mol. The van der Waals surface area contributed by atoms with Gasteiger partial charge in [0, 0.05) is 18.5 Å². The molecule has 1 amide bonds. The van der Waals surface area contributed by atoms with Crippen molar-refractivity contribution in [3.63, 3.8) is 0 Å². The van der Waals surface area contributed by atoms with Crippen LogP contribution in [0.5, 0.6) is 0 Å². The fourth-order valence-corrected chi connectivity index (χ4v) is 4.78. The van der Waals surface area contributed by atoms with Crippen molar-refractivity contribution < 1.29 is 13.9 Å². The molecular formula is C22H26BrFN4O2. The number of fused-ring (bicyclic) bond motifs is 1. The van der Waals surface area contributed by atoms with Crippen LogP contribution in [-0.2, 0) is 11.2 Å². The van der Waals surface area contributed by atoms with Gasteiger partial charge in [0.1, 0.15) is 21.8 Å². The second-order valence-corrected chi connectivity index (χ2v) is 9.96. The zero-order chi connectivity index (χ0) is 21.5. The number of nitrogens with zero attached hydrogens (tertiary/aromatic N) is 3. The molecular weight excluding hydrogens is 451 g/mol. The molecule has 2 heterocycles. The van der Waals surface area contributed by atoms with Crippen molar-refractivity contribution in [3.05, 3.63) is 52.1 Å². The van der Waals surface area contributed by atoms with Gasteiger partial charge in [-0.1, -0.05) is 6.07 Å². The van der Waals surface area contributed by atoms with E-state index in [4.69, 9.17) is 4.74 Å². The predicted octanol–water partition coefficient (Wildman–Crippen LogP) is 4.79. The van der Waals surface area contributed by atoms with Crippen molar-refractivity contribution in [1.82, 2.24) is 15.3 Å². The number of anilines is 1. The van der Waals surface area contributed by atoms with Crippen LogP contribution in [0.25, 0.3) is 0 Å². The number of nitrogens with one attached hydrogen (secondary N) is 1. The highest BCUT2D eigenvalue weighted by Gasteiger charge is 2.49. The number of carbonyl (C=O) groups is 1. The molecule has 1 atom stereocenters. The molecule has 6 nitrogen and oxygen atoms in total. The van der Waals surface area contributed by atoms with Gasteiger partial charge in [-0.05, 0) is 79.2 Å². The summed E-state index contributed by atoms with van der Waals surface area (Å²) in [5, 5.41) is 3.06. The van der Waals surface area contributed by atoms with Gasteiger partial charge >= 0.3 is 6.09 Å². The largest absolute Gasteiger partial charge is 0.444 e. The maximum Gasteiger partial charge on any atom is 0.408 e. The number of benzene rings is 1. The topological polar surface area (TPSA) is 67.3 Å². The molecule has 0 bridgehead atoms. The molecule has 30 heavy (non-hydrogen) atoms. The Hall–Kier alpha value is -2.22. The van der Waals surface area contributed by atoms with Crippen molar-refractivity contribution >= 4 is 27.8 Å². The van der Waals surface area contributed by atoms with Crippen LogP contribution in [0, 0.1) is 11.2 Å². The number of hydrogen-bond donors (Lipinski definition) is 1. The molecule has 0 saturated carbocycles. The summed E-state index contributed by atoms with van der Waals surface area (Å²) >= 11 is 3.32. The molecule has 1 spiro atoms. The molecule has 160 valence electrons. The van der Waals surface area contributed by atoms with Crippen LogP contribution in [0.15, 0.2) is 35.2 Å². The van der Waals surface area contributed by atoms with Gasteiger partial charge < -0.3 is 15.0 Å². The Morgan fingerprint density at radius 2 is 2.00 bits per heavy atom. The van der Waals surface area contributed by atoms with E-state index in [1.54, 1.807) is 18.5 Å². The molecule has 4 rings (SSSR count). The summed E-state index contributed by atoms with van der Waals surface area (Å²) in [5.74, 6) is 0.551. The van der Waals surface area contributed by atoms with Crippen molar-refractivity contribution in [2.24, 2.45) is 5.41 Å². The summed E-state index contributed by atoms with van der Waals surface area (Å²) in [5.41, 5.74) is 1.18. The van der Waals surface area contributed by atoms with Crippen LogP contribution < -0.4 is 10.2 Å². The average molecular weight is 477 g/mol. The van der Waals surface area contributed by atoms with Crippen LogP contribution in [0.3, 0.4) is 0 Å². The Balaban J connectivity index is 1.57. The number of hydrogen-bond acceptors (Lipinski definition) is 5. The molecule has 0 radical (unpaired) electrons. The Labute approximate surface area is 184 Å². The quantitative estimate of drug-likeness (QED) is 0.674. The third-order valence-corrected chi connectivity index (χ3v) is 6.33. The van der Waals surface area contributed by atoms with Crippen LogP contribution in [0.2, 0.25) is 0 Å². The lowest BCUT2D eigenvalue weighted by atomic mass is 9.72. The van der Waals surface area contributed by atoms with Gasteiger partial charge in [0.2, 0.25) is 0 Å². The zero-order valence-electron chi connectivity index (χ0n) is 17.4. The van der Waals surface area contributed by atoms with Crippen molar-refractivity contribution in [1.29, 1.82) is 0 Å². The summed E-state index contributed by atoms with van der Waals surface area (Å²) < 4.78 is 20.3. The van der Waals surface area contributed by atoms with Gasteiger partial charge in [-0.15, -0.1) is 0 Å². The van der Waals surface area contributed by atoms with Crippen LogP contribution >= 0.6 is 15.9 Å². The lowest BCUT2D eigenvalue weighted by Crippen LogP contribution is -2.48. The van der Waals surface area contributed by atoms with Crippen LogP contribution in [-0.4, -0.2) is 34.8 Å². The molecule has 2 aliphatic rings. The maximum absolute atomic E-state index is 14.0. The van der Waals surface area contributed by atoms with Crippen molar-refractivity contribution in [2.75, 3.05) is 18.0 Å². The highest BCUT2D eigenvalue weighted by atomic mass is 79.9. The zero-order valence-corrected chi connectivity index (χ0v) is 19.0. The molecule has 0 unspecified atom stereocenters. The first-order valence-corrected chi connectivity index (χ1v) is 10.9. The van der Waals surface area contributed by atoms with Gasteiger partial charge in [-0.3, -0.25) is 0 Å². The van der Waals surface area contributed by atoms with Crippen LogP contribution in [0.1, 0.15) is 50.8 Å². The van der Waals surface area contributed by atoms with E-state index >= 15 is 0 Å². The number of carbonyl (C=O) groups excluding carboxylic acids is 1. The Morgan fingerprint density at radius 3 is 2.63 bits per heavy atom. The number of halogens is 2. The summed E-state index contributed by atoms with van der Waals surface area (Å²) in [6.07, 6.45) is 5.49. The van der Waals surface area contributed by atoms with Gasteiger partial charge in [-0.25, -0.2) is 19.2 Å². The van der Waals surface area contributed by atoms with E-state index in [2.05, 4.69) is 36.1 Å². The van der Waals surface area contributed by atoms with Crippen molar-refractivity contribution in [3.8, 4) is 0 Å². The minimum atomic E-state index is -0.593. The smallest absolute Gasteiger partial charge is 0.408 e. The van der Waals surface area contributed by atoms with E-state index in [1.165, 1.54) is 6.07 Å². The Kier molecular flexibility index (Phi) is 5.46. The fourth-order valence-electron chi connectivity index (χ4n) is 4.58. The number of aromatic nitrogens is 2. The molecule has 1 aliphatic heterocycles. The summed E-state index contributed by atoms with van der Waals surface area (Å²) in [6.45, 7) is 7.09. The highest BCUT2D eigenvalue weighted by molar-refractivity contribution is 9.10. The van der Waals surface area contributed by atoms with E-state index in [0.717, 1.165) is 49.3 Å². The minimum Gasteiger partial charge on any atom is -0.444 e. The SMILES string of the molecule is CC(C)(C)OC(=O)N[C@@H]1c2cc(F)ccc2CC12CCN(c1cnc(Br)cn1)CC2. The molecule has 1 N–H and O–H groups in total. The van der Waals surface area contributed by atoms with E-state index in [1.807, 2.05) is 26.8 Å². The first kappa shape index (κ1) is 21.0. The Morgan fingerprint density at radius 1 is 1.27 bits per heavy atom. The van der Waals surface area contributed by atoms with E-state index in [-0.39, 0.29) is 17.3 Å². The van der Waals surface area contributed by atoms with E-state index in [9.17, 15) is 9.18 Å². The average Bonchev–Trinajstić information content (AvgIpc) is 2.94. The van der Waals surface area contributed by atoms with E-state index < -0.39 is 11.7 Å². The lowest BCUT2D eigenvalue weighted by molar-refractivity contribution is 0.0428. The Bertz CT molecular complexity index is 937. The molecule has 8 heteroatoms. The summed E-state index contributed by atoms with van der Waals surface area (Å²) in [4.78, 5) is 23.5. The first-order valence-electron chi connectivity index (χ1n) is 10.2. The number of rotatable bonds is 2. The monoisotopic (exact) mass is 476 g/mol. The molecule has 1 fully saturated rings. The molecule has 1 aliphatic carbocycles. The van der Waals surface area contributed by atoms with Gasteiger partial charge in [0.25, 0.3) is 0 Å². The molecule has 2 aromatic rings. The summed E-state index contributed by atoms with van der Waals surface area (Å²) in [7, 11) is 0. The van der Waals surface area contributed by atoms with Gasteiger partial charge in [0.05, 0.1) is 18.4 Å². The number of piperidine rings is 1. The molecule has 1 aromatic carbocycles. The normalized spacial score (nSPS) is 20.2. The third-order valence-electron chi connectivity index (χ3n) is 5.92. The fraction of sp³-hybridized carbons (Fsp3) is 0.500. The third kappa shape index (κ3) is 4.29. The van der Waals surface area contributed by atoms with Crippen LogP contribution in [0.4, 0.5) is 15.0 Å². The lowest BCUT2D eigenvalue weighted by Gasteiger charge is -2.43. The maximum atomic E-state index is 14.0. The second-order valence-electron chi connectivity index (χ2n) is 9.15. The number of amides is 1. The van der Waals surface area contributed by atoms with Gasteiger partial charge in [0.15, 0.2) is 0 Å². The first-order chi connectivity index (χ1) is 14.2. The van der Waals surface area contributed by atoms with Crippen molar-refractivity contribution in [2.45, 2.75) is 51.7 Å². The minimum absolute atomic E-state index is 0.174. The molecule has 1 saturated heterocycles. The van der Waals surface area contributed by atoms with E-state index in [0.29, 0.717) is 4.60 Å². The molecule has 1 aromatic heterocycles. The number of ether oxygens (including phenoxy) is 1. The second kappa shape index (κ2) is 7.80. The summed E-state index contributed by atoms with van der Waals surface area (Å²) in [6, 6.07) is 4.61. The standard InChI is InChI=1S/C22H26BrFN4O2/c1-21(2,3)30-20(29)27-19-16-10-15(24)5-4-14(16)11-22(19)6-8-28(9-7-22)18-13-25-17(23)12-26-18/h4-5,10,12-13,19H,6-9,11H2,1-3H3,(H,27,29)/t19-/m1/s1. The highest BCUT2D eigenvalue weighted by Crippen LogP contribution is 2.52. The number of alkyl carbamates (subject to hydrolysis) is 1.